The normalized spacial score (nSPS) is 11.5. The molecule has 2 aromatic heterocycles. The van der Waals surface area contributed by atoms with Gasteiger partial charge in [-0.15, -0.1) is 16.4 Å². The second kappa shape index (κ2) is 4.38. The first-order valence-electron chi connectivity index (χ1n) is 4.73. The molecule has 0 aromatic carbocycles. The van der Waals surface area contributed by atoms with Gasteiger partial charge in [-0.2, -0.15) is 18.4 Å². The van der Waals surface area contributed by atoms with Crippen molar-refractivity contribution in [2.24, 2.45) is 0 Å². The van der Waals surface area contributed by atoms with E-state index in [9.17, 15) is 13.2 Å². The fourth-order valence-corrected chi connectivity index (χ4v) is 2.32. The fraction of sp³-hybridized carbons (Fsp3) is 0.333. The van der Waals surface area contributed by atoms with E-state index in [4.69, 9.17) is 5.26 Å². The van der Waals surface area contributed by atoms with Crippen LogP contribution in [0.1, 0.15) is 21.4 Å². The molecule has 0 bridgehead atoms. The lowest BCUT2D eigenvalue weighted by atomic mass is 10.3. The number of aromatic nitrogens is 4. The lowest BCUT2D eigenvalue weighted by Crippen LogP contribution is -2.11. The number of halogens is 3. The van der Waals surface area contributed by atoms with E-state index >= 15 is 0 Å². The van der Waals surface area contributed by atoms with E-state index in [1.165, 1.54) is 17.9 Å². The number of rotatable bonds is 2. The van der Waals surface area contributed by atoms with E-state index in [2.05, 4.69) is 15.1 Å². The number of aryl methyl sites for hydroxylation is 1. The van der Waals surface area contributed by atoms with Crippen molar-refractivity contribution in [3.63, 3.8) is 0 Å². The van der Waals surface area contributed by atoms with Crippen molar-refractivity contribution in [1.29, 1.82) is 5.26 Å². The molecule has 0 saturated carbocycles. The molecule has 0 saturated heterocycles. The highest BCUT2D eigenvalue weighted by atomic mass is 32.1. The van der Waals surface area contributed by atoms with Gasteiger partial charge in [-0.1, -0.05) is 0 Å². The van der Waals surface area contributed by atoms with Crippen molar-refractivity contribution in [2.75, 3.05) is 0 Å². The third kappa shape index (κ3) is 2.48. The Bertz CT molecular complexity index is 606. The van der Waals surface area contributed by atoms with Crippen molar-refractivity contribution >= 4 is 11.3 Å². The number of hydrogen-bond donors (Lipinski definition) is 0. The van der Waals surface area contributed by atoms with Crippen molar-refractivity contribution in [3.05, 3.63) is 27.7 Å². The minimum Gasteiger partial charge on any atom is -0.246 e. The third-order valence-electron chi connectivity index (χ3n) is 2.01. The van der Waals surface area contributed by atoms with Crippen molar-refractivity contribution in [3.8, 4) is 6.07 Å². The summed E-state index contributed by atoms with van der Waals surface area (Å²) in [5.74, 6) is -0.0789. The van der Waals surface area contributed by atoms with Gasteiger partial charge in [-0.25, -0.2) is 14.6 Å². The second-order valence-corrected chi connectivity index (χ2v) is 4.67. The molecule has 0 spiro atoms. The zero-order valence-electron chi connectivity index (χ0n) is 9.06. The predicted molar refractivity (Wildman–Crippen MR) is 55.7 cm³/mol. The van der Waals surface area contributed by atoms with Gasteiger partial charge in [0.2, 0.25) is 0 Å². The molecule has 2 rings (SSSR count). The van der Waals surface area contributed by atoms with Gasteiger partial charge in [0.1, 0.15) is 12.4 Å². The molecule has 0 unspecified atom stereocenters. The average molecular weight is 273 g/mol. The van der Waals surface area contributed by atoms with Crippen LogP contribution in [-0.2, 0) is 12.7 Å². The molecular formula is C9H6F3N5S. The largest absolute Gasteiger partial charge is 0.434 e. The van der Waals surface area contributed by atoms with Crippen LogP contribution in [0.4, 0.5) is 13.2 Å². The van der Waals surface area contributed by atoms with Gasteiger partial charge in [0.15, 0.2) is 5.69 Å². The molecule has 0 N–H and O–H groups in total. The van der Waals surface area contributed by atoms with Gasteiger partial charge in [-0.3, -0.25) is 0 Å². The number of hydrogen-bond acceptors (Lipinski definition) is 5. The van der Waals surface area contributed by atoms with Gasteiger partial charge in [0.05, 0.1) is 16.4 Å². The average Bonchev–Trinajstić information content (AvgIpc) is 2.85. The Morgan fingerprint density at radius 1 is 1.50 bits per heavy atom. The Morgan fingerprint density at radius 3 is 2.78 bits per heavy atom. The van der Waals surface area contributed by atoms with Crippen molar-refractivity contribution < 1.29 is 13.2 Å². The smallest absolute Gasteiger partial charge is 0.246 e. The van der Waals surface area contributed by atoms with Crippen LogP contribution in [-0.4, -0.2) is 19.7 Å². The topological polar surface area (TPSA) is 67.4 Å². The summed E-state index contributed by atoms with van der Waals surface area (Å²) in [7, 11) is 0. The van der Waals surface area contributed by atoms with E-state index in [-0.39, 0.29) is 17.2 Å². The van der Waals surface area contributed by atoms with Crippen LogP contribution in [0.5, 0.6) is 0 Å². The Morgan fingerprint density at radius 2 is 2.22 bits per heavy atom. The molecule has 0 aliphatic carbocycles. The molecule has 5 nitrogen and oxygen atoms in total. The molecule has 2 aromatic rings. The highest BCUT2D eigenvalue weighted by molar-refractivity contribution is 7.11. The summed E-state index contributed by atoms with van der Waals surface area (Å²) >= 11 is 0.950. The molecule has 9 heteroatoms. The Hall–Kier alpha value is -1.95. The molecular weight excluding hydrogens is 267 g/mol. The van der Waals surface area contributed by atoms with Crippen LogP contribution >= 0.6 is 11.3 Å². The first-order chi connectivity index (χ1) is 8.40. The number of alkyl halides is 3. The summed E-state index contributed by atoms with van der Waals surface area (Å²) in [4.78, 5) is 7.15. The summed E-state index contributed by atoms with van der Waals surface area (Å²) in [6, 6.07) is 1.71. The zero-order chi connectivity index (χ0) is 13.3. The maximum atomic E-state index is 12.7. The maximum absolute atomic E-state index is 12.7. The lowest BCUT2D eigenvalue weighted by Gasteiger charge is -2.05. The first kappa shape index (κ1) is 12.5. The van der Waals surface area contributed by atoms with Crippen LogP contribution in [0.2, 0.25) is 0 Å². The van der Waals surface area contributed by atoms with Crippen LogP contribution in [0.25, 0.3) is 0 Å². The van der Waals surface area contributed by atoms with E-state index < -0.39 is 11.9 Å². The van der Waals surface area contributed by atoms with Crippen LogP contribution in [0.3, 0.4) is 0 Å². The highest BCUT2D eigenvalue weighted by Crippen LogP contribution is 2.34. The second-order valence-electron chi connectivity index (χ2n) is 3.38. The monoisotopic (exact) mass is 273 g/mol. The van der Waals surface area contributed by atoms with Gasteiger partial charge in [-0.05, 0) is 6.92 Å². The van der Waals surface area contributed by atoms with Crippen LogP contribution < -0.4 is 0 Å². The molecule has 0 radical (unpaired) electrons. The summed E-state index contributed by atoms with van der Waals surface area (Å²) in [6.07, 6.45) is -3.27. The Kier molecular flexibility index (Phi) is 3.04. The Labute approximate surface area is 104 Å². The van der Waals surface area contributed by atoms with Gasteiger partial charge in [0.25, 0.3) is 5.82 Å². The summed E-state index contributed by atoms with van der Waals surface area (Å²) in [6.45, 7) is 1.40. The molecule has 0 aliphatic heterocycles. The minimum atomic E-state index is -4.49. The molecule has 0 atom stereocenters. The van der Waals surface area contributed by atoms with E-state index in [0.717, 1.165) is 11.3 Å². The predicted octanol–water partition coefficient (Wildman–Crippen LogP) is 1.98. The van der Waals surface area contributed by atoms with Gasteiger partial charge >= 0.3 is 6.18 Å². The Balaban J connectivity index is 2.32. The van der Waals surface area contributed by atoms with E-state index in [1.807, 2.05) is 0 Å². The molecule has 18 heavy (non-hydrogen) atoms. The summed E-state index contributed by atoms with van der Waals surface area (Å²) in [5.41, 5.74) is -0.904. The maximum Gasteiger partial charge on any atom is 0.434 e. The minimum absolute atomic E-state index is 0.0504. The lowest BCUT2D eigenvalue weighted by molar-refractivity contribution is -0.141. The van der Waals surface area contributed by atoms with E-state index in [0.29, 0.717) is 5.01 Å². The van der Waals surface area contributed by atoms with Crippen LogP contribution in [0.15, 0.2) is 6.33 Å². The molecule has 0 aliphatic rings. The fourth-order valence-electron chi connectivity index (χ4n) is 1.37. The van der Waals surface area contributed by atoms with Crippen molar-refractivity contribution in [1.82, 2.24) is 19.7 Å². The zero-order valence-corrected chi connectivity index (χ0v) is 9.88. The molecule has 0 fully saturated rings. The van der Waals surface area contributed by atoms with Gasteiger partial charge < -0.3 is 0 Å². The molecule has 0 amide bonds. The van der Waals surface area contributed by atoms with E-state index in [1.54, 1.807) is 6.07 Å². The standard InChI is InChI=1S/C9H6F3N5S/c1-5-15-8(9(10,11)12)6(18-5)3-17-4-14-7(2-13)16-17/h4H,3H2,1H3. The number of nitriles is 1. The quantitative estimate of drug-likeness (QED) is 0.839. The van der Waals surface area contributed by atoms with Gasteiger partial charge in [0, 0.05) is 0 Å². The third-order valence-corrected chi connectivity index (χ3v) is 2.97. The molecule has 94 valence electrons. The first-order valence-corrected chi connectivity index (χ1v) is 5.55. The summed E-state index contributed by atoms with van der Waals surface area (Å²) in [5, 5.41) is 12.6. The molecule has 2 heterocycles. The van der Waals surface area contributed by atoms with Crippen molar-refractivity contribution in [2.45, 2.75) is 19.6 Å². The highest BCUT2D eigenvalue weighted by Gasteiger charge is 2.37. The summed E-state index contributed by atoms with van der Waals surface area (Å²) < 4.78 is 39.2. The number of thiazole rings is 1. The van der Waals surface area contributed by atoms with Crippen LogP contribution in [0, 0.1) is 18.3 Å². The SMILES string of the molecule is Cc1nc(C(F)(F)F)c(Cn2cnc(C#N)n2)s1. The number of nitrogens with zero attached hydrogens (tertiary/aromatic N) is 5.